The Bertz CT molecular complexity index is 594. The first-order valence-electron chi connectivity index (χ1n) is 5.67. The van der Waals surface area contributed by atoms with E-state index in [1.165, 1.54) is 18.0 Å². The molecule has 0 amide bonds. The van der Waals surface area contributed by atoms with Crippen molar-refractivity contribution in [2.75, 3.05) is 19.5 Å². The highest BCUT2D eigenvalue weighted by Gasteiger charge is 2.16. The van der Waals surface area contributed by atoms with Gasteiger partial charge in [0.2, 0.25) is 0 Å². The summed E-state index contributed by atoms with van der Waals surface area (Å²) in [5.41, 5.74) is 6.68. The molecule has 0 aliphatic rings. The maximum Gasteiger partial charge on any atom is 0.360 e. The van der Waals surface area contributed by atoms with E-state index in [1.807, 2.05) is 6.92 Å². The fourth-order valence-corrected chi connectivity index (χ4v) is 1.55. The first kappa shape index (κ1) is 12.9. The summed E-state index contributed by atoms with van der Waals surface area (Å²) in [6, 6.07) is 1.75. The van der Waals surface area contributed by atoms with Gasteiger partial charge in [-0.2, -0.15) is 5.10 Å². The van der Waals surface area contributed by atoms with Gasteiger partial charge in [-0.1, -0.05) is 0 Å². The maximum absolute atomic E-state index is 11.4. The van der Waals surface area contributed by atoms with Crippen LogP contribution in [0.5, 0.6) is 5.75 Å². The van der Waals surface area contributed by atoms with E-state index in [4.69, 9.17) is 10.5 Å². The number of ether oxygens (including phenoxy) is 2. The number of aromatic nitrogens is 3. The van der Waals surface area contributed by atoms with Gasteiger partial charge in [0, 0.05) is 6.07 Å². The van der Waals surface area contributed by atoms with Crippen molar-refractivity contribution in [1.82, 2.24) is 14.8 Å². The zero-order valence-electron chi connectivity index (χ0n) is 10.7. The Morgan fingerprint density at radius 2 is 2.26 bits per heavy atom. The van der Waals surface area contributed by atoms with Crippen LogP contribution in [0, 0.1) is 0 Å². The second-order valence-corrected chi connectivity index (χ2v) is 3.68. The van der Waals surface area contributed by atoms with Crippen molar-refractivity contribution < 1.29 is 14.3 Å². The molecule has 7 heteroatoms. The van der Waals surface area contributed by atoms with Gasteiger partial charge in [0.05, 0.1) is 43.7 Å². The van der Waals surface area contributed by atoms with E-state index in [0.717, 1.165) is 0 Å². The molecule has 0 radical (unpaired) electrons. The van der Waals surface area contributed by atoms with Gasteiger partial charge in [-0.3, -0.25) is 4.98 Å². The highest BCUT2D eigenvalue weighted by atomic mass is 16.5. The van der Waals surface area contributed by atoms with Crippen LogP contribution < -0.4 is 10.5 Å². The number of hydrogen-bond donors (Lipinski definition) is 1. The number of carbonyl (C=O) groups excluding carboxylic acids is 1. The minimum absolute atomic E-state index is 0.0734. The van der Waals surface area contributed by atoms with Crippen molar-refractivity contribution in [2.24, 2.45) is 0 Å². The van der Waals surface area contributed by atoms with E-state index in [-0.39, 0.29) is 11.4 Å². The topological polar surface area (TPSA) is 92.3 Å². The lowest BCUT2D eigenvalue weighted by Gasteiger charge is -2.05. The van der Waals surface area contributed by atoms with Crippen LogP contribution in [0.3, 0.4) is 0 Å². The summed E-state index contributed by atoms with van der Waals surface area (Å²) >= 11 is 0. The van der Waals surface area contributed by atoms with Crippen LogP contribution >= 0.6 is 0 Å². The average molecular weight is 262 g/mol. The van der Waals surface area contributed by atoms with E-state index in [9.17, 15) is 4.79 Å². The molecule has 2 aromatic rings. The normalized spacial score (nSPS) is 10.2. The summed E-state index contributed by atoms with van der Waals surface area (Å²) in [5.74, 6) is 0.0406. The molecular weight excluding hydrogens is 248 g/mol. The van der Waals surface area contributed by atoms with Crippen molar-refractivity contribution in [3.8, 4) is 11.4 Å². The van der Waals surface area contributed by atoms with E-state index >= 15 is 0 Å². The molecule has 0 spiro atoms. The van der Waals surface area contributed by atoms with Gasteiger partial charge in [0.25, 0.3) is 0 Å². The lowest BCUT2D eigenvalue weighted by Crippen LogP contribution is -2.06. The van der Waals surface area contributed by atoms with Crippen LogP contribution in [0.15, 0.2) is 24.7 Å². The minimum atomic E-state index is -0.579. The third-order valence-electron chi connectivity index (χ3n) is 2.40. The van der Waals surface area contributed by atoms with Gasteiger partial charge in [-0.15, -0.1) is 0 Å². The van der Waals surface area contributed by atoms with Crippen LogP contribution in [0.2, 0.25) is 0 Å². The minimum Gasteiger partial charge on any atom is -0.492 e. The highest BCUT2D eigenvalue weighted by molar-refractivity contribution is 5.92. The SMILES string of the molecule is CCOc1cncc(-n2cc(N)c(C(=O)OC)n2)c1. The fraction of sp³-hybridized carbons (Fsp3) is 0.250. The summed E-state index contributed by atoms with van der Waals surface area (Å²) in [6.45, 7) is 2.42. The molecule has 100 valence electrons. The molecule has 0 saturated carbocycles. The Balaban J connectivity index is 2.36. The number of carbonyl (C=O) groups is 1. The monoisotopic (exact) mass is 262 g/mol. The highest BCUT2D eigenvalue weighted by Crippen LogP contribution is 2.18. The van der Waals surface area contributed by atoms with E-state index in [2.05, 4.69) is 14.8 Å². The molecule has 19 heavy (non-hydrogen) atoms. The number of rotatable bonds is 4. The predicted molar refractivity (Wildman–Crippen MR) is 68.3 cm³/mol. The fourth-order valence-electron chi connectivity index (χ4n) is 1.55. The van der Waals surface area contributed by atoms with Crippen LogP contribution in [-0.2, 0) is 4.74 Å². The van der Waals surface area contributed by atoms with Crippen molar-refractivity contribution in [3.05, 3.63) is 30.4 Å². The Morgan fingerprint density at radius 1 is 1.47 bits per heavy atom. The quantitative estimate of drug-likeness (QED) is 0.827. The smallest absolute Gasteiger partial charge is 0.360 e. The second-order valence-electron chi connectivity index (χ2n) is 3.68. The maximum atomic E-state index is 11.4. The number of nitrogen functional groups attached to an aromatic ring is 1. The first-order valence-corrected chi connectivity index (χ1v) is 5.67. The Labute approximate surface area is 110 Å². The summed E-state index contributed by atoms with van der Waals surface area (Å²) in [5, 5.41) is 4.07. The van der Waals surface area contributed by atoms with Gasteiger partial charge in [-0.05, 0) is 6.92 Å². The molecule has 2 heterocycles. The molecule has 0 atom stereocenters. The molecule has 2 N–H and O–H groups in total. The van der Waals surface area contributed by atoms with Gasteiger partial charge in [-0.25, -0.2) is 9.48 Å². The number of pyridine rings is 1. The first-order chi connectivity index (χ1) is 9.15. The molecule has 2 aromatic heterocycles. The largest absolute Gasteiger partial charge is 0.492 e. The molecule has 0 bridgehead atoms. The number of methoxy groups -OCH3 is 1. The number of esters is 1. The van der Waals surface area contributed by atoms with Crippen LogP contribution in [0.4, 0.5) is 5.69 Å². The van der Waals surface area contributed by atoms with Crippen molar-refractivity contribution in [3.63, 3.8) is 0 Å². The number of nitrogens with two attached hydrogens (primary N) is 1. The number of anilines is 1. The Hall–Kier alpha value is -2.57. The Morgan fingerprint density at radius 3 is 2.95 bits per heavy atom. The van der Waals surface area contributed by atoms with Gasteiger partial charge >= 0.3 is 5.97 Å². The van der Waals surface area contributed by atoms with Crippen molar-refractivity contribution in [2.45, 2.75) is 6.92 Å². The molecule has 0 saturated heterocycles. The van der Waals surface area contributed by atoms with E-state index < -0.39 is 5.97 Å². The lowest BCUT2D eigenvalue weighted by atomic mass is 10.4. The third-order valence-corrected chi connectivity index (χ3v) is 2.40. The van der Waals surface area contributed by atoms with Crippen LogP contribution in [-0.4, -0.2) is 34.5 Å². The van der Waals surface area contributed by atoms with Crippen LogP contribution in [0.1, 0.15) is 17.4 Å². The van der Waals surface area contributed by atoms with E-state index in [1.54, 1.807) is 18.5 Å². The number of nitrogens with zero attached hydrogens (tertiary/aromatic N) is 3. The molecule has 0 fully saturated rings. The zero-order chi connectivity index (χ0) is 13.8. The van der Waals surface area contributed by atoms with Crippen molar-refractivity contribution in [1.29, 1.82) is 0 Å². The van der Waals surface area contributed by atoms with Gasteiger partial charge < -0.3 is 15.2 Å². The van der Waals surface area contributed by atoms with Gasteiger partial charge in [0.15, 0.2) is 5.69 Å². The summed E-state index contributed by atoms with van der Waals surface area (Å²) in [4.78, 5) is 15.5. The molecule has 0 aliphatic carbocycles. The second kappa shape index (κ2) is 5.38. The summed E-state index contributed by atoms with van der Waals surface area (Å²) < 4.78 is 11.4. The van der Waals surface area contributed by atoms with Gasteiger partial charge in [0.1, 0.15) is 5.75 Å². The van der Waals surface area contributed by atoms with Crippen LogP contribution in [0.25, 0.3) is 5.69 Å². The Kier molecular flexibility index (Phi) is 3.65. The summed E-state index contributed by atoms with van der Waals surface area (Å²) in [7, 11) is 1.28. The lowest BCUT2D eigenvalue weighted by molar-refractivity contribution is 0.0594. The number of hydrogen-bond acceptors (Lipinski definition) is 6. The molecule has 7 nitrogen and oxygen atoms in total. The van der Waals surface area contributed by atoms with Crippen molar-refractivity contribution >= 4 is 11.7 Å². The predicted octanol–water partition coefficient (Wildman–Crippen LogP) is 1.03. The standard InChI is InChI=1S/C12H14N4O3/c1-3-19-9-4-8(5-14-6-9)16-7-10(13)11(15-16)12(17)18-2/h4-7H,3,13H2,1-2H3. The molecular formula is C12H14N4O3. The summed E-state index contributed by atoms with van der Waals surface area (Å²) in [6.07, 6.45) is 4.72. The van der Waals surface area contributed by atoms with E-state index in [0.29, 0.717) is 18.0 Å². The molecule has 0 unspecified atom stereocenters. The zero-order valence-corrected chi connectivity index (χ0v) is 10.7. The molecule has 2 rings (SSSR count). The molecule has 0 aliphatic heterocycles. The molecule has 0 aromatic carbocycles. The third kappa shape index (κ3) is 2.65. The average Bonchev–Trinajstić information content (AvgIpc) is 2.81.